The minimum Gasteiger partial charge on any atom is -0.488 e. The molecule has 1 aliphatic carbocycles. The van der Waals surface area contributed by atoms with E-state index in [9.17, 15) is 13.2 Å². The molecule has 0 atom stereocenters. The number of aromatic nitrogens is 1. The van der Waals surface area contributed by atoms with Gasteiger partial charge in [0, 0.05) is 0 Å². The van der Waals surface area contributed by atoms with E-state index in [4.69, 9.17) is 4.74 Å². The first-order chi connectivity index (χ1) is 6.97. The lowest BCUT2D eigenvalue weighted by Gasteiger charge is -2.09. The Balaban J connectivity index is 2.21. The Morgan fingerprint density at radius 2 is 2.07 bits per heavy atom. The number of hydrogen-bond acceptors (Lipinski definition) is 2. The average molecular weight is 329 g/mol. The molecule has 1 aromatic heterocycles. The zero-order valence-electron chi connectivity index (χ0n) is 7.51. The number of rotatable bonds is 2. The Hall–Kier alpha value is -0.530. The van der Waals surface area contributed by atoms with Crippen molar-refractivity contribution in [2.45, 2.75) is 25.1 Å². The summed E-state index contributed by atoms with van der Waals surface area (Å²) < 4.78 is 42.6. The van der Waals surface area contributed by atoms with E-state index in [0.717, 1.165) is 25.1 Å². The molecular weight excluding hydrogens is 322 g/mol. The molecule has 2 rings (SSSR count). The average Bonchev–Trinajstić information content (AvgIpc) is 2.90. The molecule has 82 valence electrons. The molecule has 0 radical (unpaired) electrons. The van der Waals surface area contributed by atoms with Crippen molar-refractivity contribution in [1.29, 1.82) is 0 Å². The minimum absolute atomic E-state index is 0.164. The Morgan fingerprint density at radius 1 is 1.40 bits per heavy atom. The lowest BCUT2D eigenvalue weighted by molar-refractivity contribution is -0.141. The van der Waals surface area contributed by atoms with E-state index in [1.54, 1.807) is 0 Å². The molecule has 0 N–H and O–H groups in total. The molecule has 1 saturated carbocycles. The van der Waals surface area contributed by atoms with Gasteiger partial charge in [0.05, 0.1) is 15.9 Å². The first-order valence-corrected chi connectivity index (χ1v) is 5.44. The van der Waals surface area contributed by atoms with Crippen molar-refractivity contribution in [3.63, 3.8) is 0 Å². The molecule has 1 heterocycles. The highest BCUT2D eigenvalue weighted by Crippen LogP contribution is 2.33. The van der Waals surface area contributed by atoms with Crippen LogP contribution in [0.3, 0.4) is 0 Å². The summed E-state index contributed by atoms with van der Waals surface area (Å²) in [6.45, 7) is 0. The summed E-state index contributed by atoms with van der Waals surface area (Å²) in [5.74, 6) is 0.436. The van der Waals surface area contributed by atoms with E-state index in [0.29, 0.717) is 9.32 Å². The normalized spacial score (nSPS) is 16.5. The molecule has 0 spiro atoms. The maximum absolute atomic E-state index is 12.3. The van der Waals surface area contributed by atoms with Crippen LogP contribution in [0.2, 0.25) is 0 Å². The van der Waals surface area contributed by atoms with Crippen molar-refractivity contribution in [1.82, 2.24) is 4.98 Å². The summed E-state index contributed by atoms with van der Waals surface area (Å²) in [4.78, 5) is 3.34. The van der Waals surface area contributed by atoms with E-state index in [2.05, 4.69) is 4.98 Å². The number of alkyl halides is 3. The molecule has 1 aliphatic rings. The lowest BCUT2D eigenvalue weighted by Crippen LogP contribution is -2.09. The fraction of sp³-hybridized carbons (Fsp3) is 0.444. The lowest BCUT2D eigenvalue weighted by atomic mass is 10.3. The largest absolute Gasteiger partial charge is 0.488 e. The van der Waals surface area contributed by atoms with Gasteiger partial charge in [-0.15, -0.1) is 0 Å². The third-order valence-electron chi connectivity index (χ3n) is 1.93. The van der Waals surface area contributed by atoms with Gasteiger partial charge in [-0.3, -0.25) is 0 Å². The molecule has 0 saturated heterocycles. The summed E-state index contributed by atoms with van der Waals surface area (Å²) in [5.41, 5.74) is -0.880. The van der Waals surface area contributed by atoms with Crippen LogP contribution in [0.5, 0.6) is 5.75 Å². The zero-order chi connectivity index (χ0) is 11.1. The van der Waals surface area contributed by atoms with Gasteiger partial charge in [-0.1, -0.05) is 0 Å². The number of hydrogen-bond donors (Lipinski definition) is 0. The minimum atomic E-state index is -4.39. The number of halogens is 4. The van der Waals surface area contributed by atoms with Gasteiger partial charge in [-0.25, -0.2) is 4.98 Å². The number of nitrogens with zero attached hydrogens (tertiary/aromatic N) is 1. The maximum Gasteiger partial charge on any atom is 0.433 e. The van der Waals surface area contributed by atoms with Gasteiger partial charge in [0.2, 0.25) is 0 Å². The Bertz CT molecular complexity index is 376. The van der Waals surface area contributed by atoms with E-state index < -0.39 is 11.9 Å². The summed E-state index contributed by atoms with van der Waals surface area (Å²) >= 11 is 1.82. The summed E-state index contributed by atoms with van der Waals surface area (Å²) in [6.07, 6.45) is -1.15. The van der Waals surface area contributed by atoms with Gasteiger partial charge in [-0.2, -0.15) is 13.2 Å². The van der Waals surface area contributed by atoms with E-state index in [1.807, 2.05) is 22.6 Å². The second kappa shape index (κ2) is 3.80. The van der Waals surface area contributed by atoms with Crippen LogP contribution in [0.25, 0.3) is 0 Å². The zero-order valence-corrected chi connectivity index (χ0v) is 9.67. The van der Waals surface area contributed by atoms with Crippen molar-refractivity contribution in [3.8, 4) is 5.75 Å². The molecule has 6 heteroatoms. The number of pyridine rings is 1. The second-order valence-corrected chi connectivity index (χ2v) is 4.48. The molecule has 0 unspecified atom stereocenters. The van der Waals surface area contributed by atoms with Crippen LogP contribution >= 0.6 is 22.6 Å². The van der Waals surface area contributed by atoms with Crippen LogP contribution in [0.15, 0.2) is 12.3 Å². The third-order valence-corrected chi connectivity index (χ3v) is 2.77. The third kappa shape index (κ3) is 2.73. The molecule has 0 bridgehead atoms. The maximum atomic E-state index is 12.3. The smallest absolute Gasteiger partial charge is 0.433 e. The van der Waals surface area contributed by atoms with Crippen LogP contribution < -0.4 is 4.74 Å². The van der Waals surface area contributed by atoms with Crippen LogP contribution in [0.1, 0.15) is 18.5 Å². The monoisotopic (exact) mass is 329 g/mol. The molecule has 0 aromatic carbocycles. The van der Waals surface area contributed by atoms with E-state index in [1.165, 1.54) is 0 Å². The topological polar surface area (TPSA) is 22.1 Å². The summed E-state index contributed by atoms with van der Waals surface area (Å²) in [7, 11) is 0. The van der Waals surface area contributed by atoms with Gasteiger partial charge in [0.15, 0.2) is 5.75 Å². The molecule has 0 amide bonds. The van der Waals surface area contributed by atoms with Gasteiger partial charge in [-0.05, 0) is 41.5 Å². The fourth-order valence-corrected chi connectivity index (χ4v) is 1.59. The fourth-order valence-electron chi connectivity index (χ4n) is 1.03. The summed E-state index contributed by atoms with van der Waals surface area (Å²) in [6, 6.07) is 0.998. The molecule has 1 aromatic rings. The summed E-state index contributed by atoms with van der Waals surface area (Å²) in [5, 5.41) is 0. The quantitative estimate of drug-likeness (QED) is 0.777. The molecule has 2 nitrogen and oxygen atoms in total. The van der Waals surface area contributed by atoms with Crippen LogP contribution in [-0.4, -0.2) is 11.1 Å². The van der Waals surface area contributed by atoms with Crippen LogP contribution in [0, 0.1) is 3.57 Å². The molecule has 15 heavy (non-hydrogen) atoms. The first kappa shape index (κ1) is 11.0. The van der Waals surface area contributed by atoms with Crippen molar-refractivity contribution in [3.05, 3.63) is 21.5 Å². The SMILES string of the molecule is FC(F)(F)c1cc(I)c(OC2CC2)cn1. The predicted molar refractivity (Wildman–Crippen MR) is 55.6 cm³/mol. The molecule has 0 aliphatic heterocycles. The van der Waals surface area contributed by atoms with Crippen molar-refractivity contribution < 1.29 is 17.9 Å². The second-order valence-electron chi connectivity index (χ2n) is 3.31. The highest BCUT2D eigenvalue weighted by Gasteiger charge is 2.33. The standard InChI is InChI=1S/C9H7F3INO/c10-9(11,12)8-3-6(13)7(4-14-8)15-5-1-2-5/h3-5H,1-2H2. The van der Waals surface area contributed by atoms with Crippen molar-refractivity contribution >= 4 is 22.6 Å². The molecule has 1 fully saturated rings. The van der Waals surface area contributed by atoms with Gasteiger partial charge >= 0.3 is 6.18 Å². The van der Waals surface area contributed by atoms with Crippen molar-refractivity contribution in [2.75, 3.05) is 0 Å². The Labute approximate surface area is 98.0 Å². The Morgan fingerprint density at radius 3 is 2.53 bits per heavy atom. The van der Waals surface area contributed by atoms with Crippen LogP contribution in [0.4, 0.5) is 13.2 Å². The number of ether oxygens (including phenoxy) is 1. The highest BCUT2D eigenvalue weighted by molar-refractivity contribution is 14.1. The Kier molecular flexibility index (Phi) is 2.78. The first-order valence-electron chi connectivity index (χ1n) is 4.36. The van der Waals surface area contributed by atoms with Gasteiger partial charge < -0.3 is 4.74 Å². The van der Waals surface area contributed by atoms with Crippen molar-refractivity contribution in [2.24, 2.45) is 0 Å². The highest BCUT2D eigenvalue weighted by atomic mass is 127. The molecular formula is C9H7F3INO. The van der Waals surface area contributed by atoms with E-state index in [-0.39, 0.29) is 6.10 Å². The van der Waals surface area contributed by atoms with Gasteiger partial charge in [0.25, 0.3) is 0 Å². The predicted octanol–water partition coefficient (Wildman–Crippen LogP) is 3.25. The van der Waals surface area contributed by atoms with Gasteiger partial charge in [0.1, 0.15) is 5.69 Å². The van der Waals surface area contributed by atoms with Crippen LogP contribution in [-0.2, 0) is 6.18 Å². The van der Waals surface area contributed by atoms with E-state index >= 15 is 0 Å².